The Kier molecular flexibility index (Phi) is 29.0. The lowest BCUT2D eigenvalue weighted by Crippen LogP contribution is -2.65. The summed E-state index contributed by atoms with van der Waals surface area (Å²) in [7, 11) is -2.24. The number of esters is 2. The fourth-order valence-corrected chi connectivity index (χ4v) is 12.8. The SMILES string of the molecule is CC[C@@]1(OS(=O)(=O)NCCNC(=O)[C@H](C)NC(=O)[C@H](C)NC(=O)[C@H](C)NC(=O)[C@H](CCCCNC(=O)COCCOC)NC(=O)CCCNC(=O)C(C(C(=O)NCCCC(C)=O)N2C(=O)C=CC2=O)N2C(=O)C=CC2=O)C(=O)OCc2c1cc1n(c2=O)Cc2c-1nc1cc(F)c(OC)cc1c2COC(C)=O. The van der Waals surface area contributed by atoms with Gasteiger partial charge in [0.1, 0.15) is 61.9 Å². The first-order chi connectivity index (χ1) is 50.3. The van der Waals surface area contributed by atoms with Crippen LogP contribution in [-0.2, 0) is 131 Å². The molecule has 0 radical (unpaired) electrons. The van der Waals surface area contributed by atoms with Crippen LogP contribution in [0.3, 0.4) is 0 Å². The topological polar surface area (TPSA) is 495 Å². The van der Waals surface area contributed by atoms with Crippen LogP contribution in [0.4, 0.5) is 4.39 Å². The predicted octanol–water partition coefficient (Wildman–Crippen LogP) is -2.82. The van der Waals surface area contributed by atoms with E-state index >= 15 is 4.39 Å². The molecule has 2 aromatic heterocycles. The molecule has 4 aliphatic rings. The highest BCUT2D eigenvalue weighted by molar-refractivity contribution is 7.84. The van der Waals surface area contributed by atoms with E-state index in [2.05, 4.69) is 52.2 Å². The number of unbranched alkanes of at least 4 members (excludes halogenated alkanes) is 1. The number of aromatic nitrogens is 2. The summed E-state index contributed by atoms with van der Waals surface area (Å²) in [4.78, 5) is 217. The van der Waals surface area contributed by atoms with Crippen molar-refractivity contribution in [3.8, 4) is 17.1 Å². The first-order valence-corrected chi connectivity index (χ1v) is 35.1. The summed E-state index contributed by atoms with van der Waals surface area (Å²) >= 11 is 0. The van der Waals surface area contributed by atoms with Gasteiger partial charge in [-0.15, -0.1) is 0 Å². The smallest absolute Gasteiger partial charge is 0.345 e. The number of benzene rings is 1. The Morgan fingerprint density at radius 2 is 1.22 bits per heavy atom. The number of hydrogen-bond acceptors (Lipinski definition) is 25. The van der Waals surface area contributed by atoms with Crippen LogP contribution >= 0.6 is 0 Å². The van der Waals surface area contributed by atoms with Crippen LogP contribution in [0.15, 0.2) is 47.3 Å². The molecule has 7 rings (SSSR count). The molecule has 1 aromatic carbocycles. The quantitative estimate of drug-likeness (QED) is 0.0123. The van der Waals surface area contributed by atoms with E-state index in [0.717, 1.165) is 30.4 Å². The van der Waals surface area contributed by atoms with E-state index in [1.54, 1.807) is 0 Å². The third-order valence-corrected chi connectivity index (χ3v) is 18.3. The van der Waals surface area contributed by atoms with Crippen molar-refractivity contribution in [2.24, 2.45) is 0 Å². The monoisotopic (exact) mass is 1510 g/mol. The van der Waals surface area contributed by atoms with Gasteiger partial charge in [0.15, 0.2) is 11.6 Å². The normalized spacial score (nSPS) is 16.7. The van der Waals surface area contributed by atoms with Gasteiger partial charge in [-0.1, -0.05) is 6.92 Å². The van der Waals surface area contributed by atoms with Gasteiger partial charge in [0.2, 0.25) is 52.9 Å². The number of carbonyl (C=O) groups excluding carboxylic acids is 15. The first-order valence-electron chi connectivity index (χ1n) is 33.7. The van der Waals surface area contributed by atoms with Crippen molar-refractivity contribution in [2.45, 2.75) is 155 Å². The molecule has 6 heterocycles. The van der Waals surface area contributed by atoms with Gasteiger partial charge in [0.05, 0.1) is 49.3 Å². The number of methoxy groups -OCH3 is 2. The van der Waals surface area contributed by atoms with Crippen LogP contribution in [0.25, 0.3) is 22.3 Å². The number of nitrogens with one attached hydrogen (secondary N) is 9. The van der Waals surface area contributed by atoms with Crippen LogP contribution in [0.2, 0.25) is 0 Å². The lowest BCUT2D eigenvalue weighted by atomic mass is 9.86. The van der Waals surface area contributed by atoms with E-state index in [-0.39, 0.29) is 131 Å². The molecule has 2 unspecified atom stereocenters. The van der Waals surface area contributed by atoms with Gasteiger partial charge in [-0.05, 0) is 78.4 Å². The van der Waals surface area contributed by atoms with E-state index in [4.69, 9.17) is 27.9 Å². The Morgan fingerprint density at radius 3 is 1.78 bits per heavy atom. The molecule has 37 nitrogen and oxygen atoms in total. The zero-order valence-electron chi connectivity index (χ0n) is 59.3. The molecular weight excluding hydrogens is 1420 g/mol. The molecule has 12 amide bonds. The number of Topliss-reactive ketones (excluding diaryl/α,β-unsaturated/α-hetero) is 1. The summed E-state index contributed by atoms with van der Waals surface area (Å²) in [6.45, 7) is 5.51. The number of pyridine rings is 2. The maximum Gasteiger partial charge on any atom is 0.345 e. The van der Waals surface area contributed by atoms with Crippen molar-refractivity contribution >= 4 is 110 Å². The van der Waals surface area contributed by atoms with Gasteiger partial charge in [0.25, 0.3) is 29.2 Å². The Morgan fingerprint density at radius 1 is 0.651 bits per heavy atom. The summed E-state index contributed by atoms with van der Waals surface area (Å²) in [5, 5.41) is 20.2. The molecule has 0 spiro atoms. The summed E-state index contributed by atoms with van der Waals surface area (Å²) in [5.74, 6) is -14.1. The van der Waals surface area contributed by atoms with Crippen molar-refractivity contribution in [1.82, 2.24) is 66.6 Å². The second-order valence-corrected chi connectivity index (χ2v) is 26.2. The van der Waals surface area contributed by atoms with Gasteiger partial charge in [-0.2, -0.15) is 13.1 Å². The number of imide groups is 2. The van der Waals surface area contributed by atoms with Gasteiger partial charge in [-0.25, -0.2) is 18.4 Å². The highest BCUT2D eigenvalue weighted by Gasteiger charge is 2.53. The molecule has 39 heteroatoms. The third kappa shape index (κ3) is 20.6. The molecule has 0 saturated heterocycles. The lowest BCUT2D eigenvalue weighted by Gasteiger charge is -2.35. The van der Waals surface area contributed by atoms with Gasteiger partial charge in [0, 0.05) is 112 Å². The standard InChI is InChI=1S/C67H84FN13O24S/c1-9-67(44-29-48-56-41(31-79(48)65(96)43(44)33-104-66(67)97)42(32-103-39(6)83)40-28-49(101-8)45(68)30-47(40)78-56)105-106(98,99)73-25-24-72-59(90)36(3)74-60(91)37(4)75-61(92)38(5)76-62(93)46(15-10-11-21-69-51(85)34-102-27-26-100-7)77-50(84)16-13-23-71-64(95)58(81-54(88)19-20-55(81)89)57(80-52(86)17-18-53(80)87)63(94)70-22-12-14-35(2)82/h17-20,28-30,36-38,46,57-58,73H,9-16,21-27,31-34H2,1-8H3,(H,69,85)(H,70,94)(H,71,95)(H,72,90)(H,74,91)(H,75,92)(H,76,93)(H,77,84)/t36-,37-,38-,46-,57?,58?,67-/m0/s1. The molecule has 574 valence electrons. The number of ketones is 1. The van der Waals surface area contributed by atoms with Crippen molar-refractivity contribution < 1.29 is 113 Å². The molecule has 106 heavy (non-hydrogen) atoms. The second-order valence-electron chi connectivity index (χ2n) is 24.8. The highest BCUT2D eigenvalue weighted by atomic mass is 32.2. The third-order valence-electron chi connectivity index (χ3n) is 17.2. The minimum atomic E-state index is -4.96. The van der Waals surface area contributed by atoms with Gasteiger partial charge >= 0.3 is 22.2 Å². The minimum absolute atomic E-state index is 0.0409. The Bertz CT molecular complexity index is 4200. The summed E-state index contributed by atoms with van der Waals surface area (Å²) < 4.78 is 77.5. The summed E-state index contributed by atoms with van der Waals surface area (Å²) in [6.07, 6.45) is 2.89. The number of ether oxygens (including phenoxy) is 5. The Labute approximate surface area is 606 Å². The largest absolute Gasteiger partial charge is 0.494 e. The number of cyclic esters (lactones) is 1. The highest BCUT2D eigenvalue weighted by Crippen LogP contribution is 2.43. The molecule has 3 aromatic rings. The molecule has 0 bridgehead atoms. The average Bonchev–Trinajstić information content (AvgIpc) is 1.47. The van der Waals surface area contributed by atoms with Crippen molar-refractivity contribution in [3.05, 3.63) is 80.9 Å². The average molecular weight is 1510 g/mol. The minimum Gasteiger partial charge on any atom is -0.494 e. The molecule has 7 atom stereocenters. The maximum atomic E-state index is 15.1. The van der Waals surface area contributed by atoms with Crippen molar-refractivity contribution in [3.63, 3.8) is 0 Å². The van der Waals surface area contributed by atoms with Crippen LogP contribution in [-0.4, -0.2) is 219 Å². The number of nitrogens with zero attached hydrogens (tertiary/aromatic N) is 4. The number of carbonyl (C=O) groups is 15. The zero-order chi connectivity index (χ0) is 77.9. The molecule has 0 fully saturated rings. The fraction of sp³-hybridized carbons (Fsp3) is 0.507. The lowest BCUT2D eigenvalue weighted by molar-refractivity contribution is -0.168. The number of hydrogen-bond donors (Lipinski definition) is 9. The number of rotatable bonds is 41. The number of amides is 12. The molecule has 4 aliphatic heterocycles. The molecule has 0 saturated carbocycles. The van der Waals surface area contributed by atoms with Gasteiger partial charge in [-0.3, -0.25) is 76.9 Å². The van der Waals surface area contributed by atoms with Crippen molar-refractivity contribution in [1.29, 1.82) is 0 Å². The maximum absolute atomic E-state index is 15.1. The summed E-state index contributed by atoms with van der Waals surface area (Å²) in [5.41, 5.74) is -2.29. The zero-order valence-corrected chi connectivity index (χ0v) is 60.1. The van der Waals surface area contributed by atoms with Crippen LogP contribution in [0.1, 0.15) is 115 Å². The fourth-order valence-electron chi connectivity index (χ4n) is 11.7. The van der Waals surface area contributed by atoms with E-state index in [1.165, 1.54) is 72.5 Å². The van der Waals surface area contributed by atoms with E-state index in [9.17, 15) is 85.1 Å². The Balaban J connectivity index is 0.923. The molecule has 9 N–H and O–H groups in total. The van der Waals surface area contributed by atoms with Crippen LogP contribution in [0.5, 0.6) is 5.75 Å². The van der Waals surface area contributed by atoms with Crippen molar-refractivity contribution in [2.75, 3.05) is 66.8 Å². The summed E-state index contributed by atoms with van der Waals surface area (Å²) in [6, 6.07) is -5.78. The number of fused-ring (bicyclic) bond motifs is 5. The molecule has 0 aliphatic carbocycles. The second kappa shape index (κ2) is 37.3. The van der Waals surface area contributed by atoms with E-state index in [1.807, 2.05) is 0 Å². The predicted molar refractivity (Wildman–Crippen MR) is 364 cm³/mol. The van der Waals surface area contributed by atoms with Crippen LogP contribution < -0.4 is 57.6 Å². The number of halogens is 1. The Hall–Kier alpha value is -10.8. The van der Waals surface area contributed by atoms with E-state index in [0.29, 0.717) is 26.3 Å². The van der Waals surface area contributed by atoms with Gasteiger partial charge < -0.3 is 75.6 Å². The first kappa shape index (κ1) is 82.5. The van der Waals surface area contributed by atoms with E-state index < -0.39 is 179 Å². The molecular formula is C67H84FN13O24S. The van der Waals surface area contributed by atoms with Crippen LogP contribution in [0, 0.1) is 5.82 Å².